The van der Waals surface area contributed by atoms with E-state index in [4.69, 9.17) is 4.42 Å². The van der Waals surface area contributed by atoms with Crippen molar-refractivity contribution in [2.45, 2.75) is 20.8 Å². The summed E-state index contributed by atoms with van der Waals surface area (Å²) in [6.45, 7) is 6.24. The van der Waals surface area contributed by atoms with Crippen LogP contribution in [0.4, 0.5) is 5.69 Å². The largest absolute Gasteiger partial charge is 0.436 e. The van der Waals surface area contributed by atoms with Gasteiger partial charge in [-0.15, -0.1) is 0 Å². The van der Waals surface area contributed by atoms with Gasteiger partial charge in [0.1, 0.15) is 0 Å². The standard InChI is InChI=1S/C14H16N2O2/c1-4-16(12-7-5-6-10(2)8-12)14(17)13-9-15-11(3)18-13/h5-9H,4H2,1-3H3. The minimum Gasteiger partial charge on any atom is -0.436 e. The van der Waals surface area contributed by atoms with Gasteiger partial charge in [-0.2, -0.15) is 0 Å². The van der Waals surface area contributed by atoms with Gasteiger partial charge < -0.3 is 9.32 Å². The topological polar surface area (TPSA) is 46.3 Å². The summed E-state index contributed by atoms with van der Waals surface area (Å²) in [6, 6.07) is 7.83. The van der Waals surface area contributed by atoms with Crippen molar-refractivity contribution in [3.63, 3.8) is 0 Å². The van der Waals surface area contributed by atoms with Crippen LogP contribution in [-0.2, 0) is 0 Å². The summed E-state index contributed by atoms with van der Waals surface area (Å²) in [6.07, 6.45) is 1.47. The number of anilines is 1. The number of hydrogen-bond acceptors (Lipinski definition) is 3. The normalized spacial score (nSPS) is 10.4. The average Bonchev–Trinajstić information content (AvgIpc) is 2.77. The molecule has 1 heterocycles. The summed E-state index contributed by atoms with van der Waals surface area (Å²) >= 11 is 0. The molecular weight excluding hydrogens is 228 g/mol. The summed E-state index contributed by atoms with van der Waals surface area (Å²) in [7, 11) is 0. The Balaban J connectivity index is 2.31. The molecule has 0 fully saturated rings. The molecule has 4 heteroatoms. The van der Waals surface area contributed by atoms with Crippen LogP contribution in [0.2, 0.25) is 0 Å². The maximum Gasteiger partial charge on any atom is 0.295 e. The van der Waals surface area contributed by atoms with Gasteiger partial charge in [0.2, 0.25) is 5.76 Å². The Hall–Kier alpha value is -2.10. The lowest BCUT2D eigenvalue weighted by atomic mass is 10.2. The fourth-order valence-electron chi connectivity index (χ4n) is 1.83. The maximum atomic E-state index is 12.3. The molecule has 0 aliphatic rings. The van der Waals surface area contributed by atoms with Gasteiger partial charge in [-0.05, 0) is 31.5 Å². The minimum atomic E-state index is -0.163. The van der Waals surface area contributed by atoms with Gasteiger partial charge in [0, 0.05) is 19.2 Å². The van der Waals surface area contributed by atoms with Gasteiger partial charge in [0.25, 0.3) is 5.91 Å². The molecule has 0 radical (unpaired) electrons. The van der Waals surface area contributed by atoms with Gasteiger partial charge >= 0.3 is 0 Å². The van der Waals surface area contributed by atoms with E-state index >= 15 is 0 Å². The summed E-state index contributed by atoms with van der Waals surface area (Å²) < 4.78 is 5.28. The van der Waals surface area contributed by atoms with Crippen LogP contribution >= 0.6 is 0 Å². The Labute approximate surface area is 106 Å². The Kier molecular flexibility index (Phi) is 3.46. The molecule has 0 bridgehead atoms. The molecule has 2 rings (SSSR count). The molecule has 1 aromatic heterocycles. The van der Waals surface area contributed by atoms with Gasteiger partial charge in [0.05, 0.1) is 6.20 Å². The zero-order valence-electron chi connectivity index (χ0n) is 10.8. The predicted molar refractivity (Wildman–Crippen MR) is 69.8 cm³/mol. The van der Waals surface area contributed by atoms with Gasteiger partial charge in [-0.3, -0.25) is 4.79 Å². The molecule has 0 atom stereocenters. The SMILES string of the molecule is CCN(C(=O)c1cnc(C)o1)c1cccc(C)c1. The van der Waals surface area contributed by atoms with Gasteiger partial charge in [-0.1, -0.05) is 12.1 Å². The number of oxazole rings is 1. The fourth-order valence-corrected chi connectivity index (χ4v) is 1.83. The van der Waals surface area contributed by atoms with Gasteiger partial charge in [0.15, 0.2) is 5.89 Å². The lowest BCUT2D eigenvalue weighted by Crippen LogP contribution is -2.30. The highest BCUT2D eigenvalue weighted by Crippen LogP contribution is 2.18. The summed E-state index contributed by atoms with van der Waals surface area (Å²) in [5.41, 5.74) is 1.99. The monoisotopic (exact) mass is 244 g/mol. The van der Waals surface area contributed by atoms with Crippen molar-refractivity contribution in [3.05, 3.63) is 47.7 Å². The van der Waals surface area contributed by atoms with Crippen LogP contribution in [0.15, 0.2) is 34.9 Å². The molecule has 4 nitrogen and oxygen atoms in total. The smallest absolute Gasteiger partial charge is 0.295 e. The number of aryl methyl sites for hydroxylation is 2. The number of hydrogen-bond donors (Lipinski definition) is 0. The Morgan fingerprint density at radius 3 is 2.72 bits per heavy atom. The first-order valence-electron chi connectivity index (χ1n) is 5.92. The van der Waals surface area contributed by atoms with E-state index in [1.165, 1.54) is 6.20 Å². The molecule has 0 spiro atoms. The quantitative estimate of drug-likeness (QED) is 0.833. The molecule has 0 N–H and O–H groups in total. The van der Waals surface area contributed by atoms with E-state index in [0.29, 0.717) is 12.4 Å². The molecule has 0 saturated heterocycles. The third kappa shape index (κ3) is 2.42. The fraction of sp³-hybridized carbons (Fsp3) is 0.286. The summed E-state index contributed by atoms with van der Waals surface area (Å²) in [5.74, 6) is 0.609. The van der Waals surface area contributed by atoms with E-state index < -0.39 is 0 Å². The highest BCUT2D eigenvalue weighted by atomic mass is 16.4. The highest BCUT2D eigenvalue weighted by molar-refractivity contribution is 6.04. The van der Waals surface area contributed by atoms with Crippen molar-refractivity contribution in [1.29, 1.82) is 0 Å². The average molecular weight is 244 g/mol. The second kappa shape index (κ2) is 5.04. The highest BCUT2D eigenvalue weighted by Gasteiger charge is 2.19. The van der Waals surface area contributed by atoms with E-state index in [9.17, 15) is 4.79 Å². The van der Waals surface area contributed by atoms with E-state index in [2.05, 4.69) is 4.98 Å². The number of aromatic nitrogens is 1. The van der Waals surface area contributed by atoms with E-state index in [0.717, 1.165) is 11.3 Å². The van der Waals surface area contributed by atoms with Gasteiger partial charge in [-0.25, -0.2) is 4.98 Å². The summed E-state index contributed by atoms with van der Waals surface area (Å²) in [5, 5.41) is 0. The first-order chi connectivity index (χ1) is 8.61. The Morgan fingerprint density at radius 1 is 1.39 bits per heavy atom. The zero-order valence-corrected chi connectivity index (χ0v) is 10.8. The van der Waals surface area contributed by atoms with Crippen LogP contribution in [0.1, 0.15) is 28.9 Å². The van der Waals surface area contributed by atoms with Crippen molar-refractivity contribution in [2.24, 2.45) is 0 Å². The van der Waals surface area contributed by atoms with Crippen LogP contribution in [0, 0.1) is 13.8 Å². The second-order valence-electron chi connectivity index (χ2n) is 4.13. The predicted octanol–water partition coefficient (Wildman–Crippen LogP) is 2.96. The molecule has 2 aromatic rings. The molecule has 0 aliphatic carbocycles. The molecule has 18 heavy (non-hydrogen) atoms. The van der Waals surface area contributed by atoms with Crippen molar-refractivity contribution in [3.8, 4) is 0 Å². The minimum absolute atomic E-state index is 0.163. The molecular formula is C14H16N2O2. The lowest BCUT2D eigenvalue weighted by molar-refractivity contribution is 0.0960. The third-order valence-electron chi connectivity index (χ3n) is 2.71. The van der Waals surface area contributed by atoms with E-state index in [1.54, 1.807) is 11.8 Å². The molecule has 0 saturated carbocycles. The summed E-state index contributed by atoms with van der Waals surface area (Å²) in [4.78, 5) is 17.9. The van der Waals surface area contributed by atoms with Crippen molar-refractivity contribution >= 4 is 11.6 Å². The van der Waals surface area contributed by atoms with E-state index in [1.807, 2.05) is 38.1 Å². The third-order valence-corrected chi connectivity index (χ3v) is 2.71. The second-order valence-corrected chi connectivity index (χ2v) is 4.13. The van der Waals surface area contributed by atoms with Crippen molar-refractivity contribution < 1.29 is 9.21 Å². The number of carbonyl (C=O) groups is 1. The van der Waals surface area contributed by atoms with E-state index in [-0.39, 0.29) is 11.7 Å². The molecule has 1 amide bonds. The molecule has 1 aromatic carbocycles. The van der Waals surface area contributed by atoms with Crippen molar-refractivity contribution in [2.75, 3.05) is 11.4 Å². The number of nitrogens with zero attached hydrogens (tertiary/aromatic N) is 2. The number of amides is 1. The lowest BCUT2D eigenvalue weighted by Gasteiger charge is -2.19. The van der Waals surface area contributed by atoms with Crippen molar-refractivity contribution in [1.82, 2.24) is 4.98 Å². The van der Waals surface area contributed by atoms with Crippen LogP contribution in [0.5, 0.6) is 0 Å². The number of rotatable bonds is 3. The number of carbonyl (C=O) groups excluding carboxylic acids is 1. The first-order valence-corrected chi connectivity index (χ1v) is 5.92. The Bertz CT molecular complexity index is 560. The van der Waals surface area contributed by atoms with Crippen LogP contribution in [0.25, 0.3) is 0 Å². The Morgan fingerprint density at radius 2 is 2.17 bits per heavy atom. The first kappa shape index (κ1) is 12.4. The zero-order chi connectivity index (χ0) is 13.1. The molecule has 0 aliphatic heterocycles. The number of benzene rings is 1. The van der Waals surface area contributed by atoms with Crippen LogP contribution < -0.4 is 4.90 Å². The molecule has 94 valence electrons. The molecule has 0 unspecified atom stereocenters. The van der Waals surface area contributed by atoms with Crippen LogP contribution in [-0.4, -0.2) is 17.4 Å². The maximum absolute atomic E-state index is 12.3. The van der Waals surface area contributed by atoms with Crippen LogP contribution in [0.3, 0.4) is 0 Å².